The van der Waals surface area contributed by atoms with Crippen LogP contribution in [-0.2, 0) is 9.59 Å². The van der Waals surface area contributed by atoms with Crippen LogP contribution in [0.5, 0.6) is 0 Å². The van der Waals surface area contributed by atoms with Gasteiger partial charge in [-0.25, -0.2) is 0 Å². The molecule has 1 aromatic rings. The molecule has 0 radical (unpaired) electrons. The summed E-state index contributed by atoms with van der Waals surface area (Å²) < 4.78 is 0. The summed E-state index contributed by atoms with van der Waals surface area (Å²) in [5.74, 6) is -1.22. The Kier molecular flexibility index (Phi) is 6.01. The lowest BCUT2D eigenvalue weighted by Gasteiger charge is -2.02. The largest absolute Gasteiger partial charge is 0.481 e. The van der Waals surface area contributed by atoms with Crippen LogP contribution in [-0.4, -0.2) is 29.4 Å². The van der Waals surface area contributed by atoms with Gasteiger partial charge in [0.05, 0.1) is 9.88 Å². The maximum atomic E-state index is 11.7. The predicted octanol–water partition coefficient (Wildman–Crippen LogP) is 1.69. The highest BCUT2D eigenvalue weighted by Gasteiger charge is 2.09. The molecule has 0 bridgehead atoms. The summed E-state index contributed by atoms with van der Waals surface area (Å²) in [6, 6.07) is 3.31. The smallest absolute Gasteiger partial charge is 0.303 e. The van der Waals surface area contributed by atoms with E-state index in [0.29, 0.717) is 29.3 Å². The summed E-state index contributed by atoms with van der Waals surface area (Å²) in [5, 5.41) is 14.4. The van der Waals surface area contributed by atoms with Gasteiger partial charge in [0.1, 0.15) is 0 Å². The van der Waals surface area contributed by atoms with Crippen molar-refractivity contribution in [2.24, 2.45) is 0 Å². The quantitative estimate of drug-likeness (QED) is 0.664. The van der Waals surface area contributed by atoms with Crippen LogP contribution in [0.3, 0.4) is 0 Å². The summed E-state index contributed by atoms with van der Waals surface area (Å²) >= 11 is 1.20. The first kappa shape index (κ1) is 15.2. The molecule has 0 aliphatic heterocycles. The maximum Gasteiger partial charge on any atom is 0.303 e. The van der Waals surface area contributed by atoms with E-state index < -0.39 is 5.97 Å². The van der Waals surface area contributed by atoms with Crippen LogP contribution in [0.1, 0.15) is 35.9 Å². The number of hydrogen-bond donors (Lipinski definition) is 3. The zero-order valence-corrected chi connectivity index (χ0v) is 11.4. The van der Waals surface area contributed by atoms with Gasteiger partial charge in [-0.3, -0.25) is 14.4 Å². The molecule has 0 atom stereocenters. The molecule has 0 spiro atoms. The molecule has 0 unspecified atom stereocenters. The van der Waals surface area contributed by atoms with Gasteiger partial charge in [0, 0.05) is 19.9 Å². The van der Waals surface area contributed by atoms with Crippen molar-refractivity contribution in [3.05, 3.63) is 17.0 Å². The molecule has 0 aliphatic rings. The summed E-state index contributed by atoms with van der Waals surface area (Å²) in [6.45, 7) is 1.85. The van der Waals surface area contributed by atoms with Crippen LogP contribution in [0.4, 0.5) is 5.00 Å². The number of amides is 2. The third kappa shape index (κ3) is 6.01. The number of rotatable bonds is 7. The van der Waals surface area contributed by atoms with Crippen LogP contribution < -0.4 is 10.6 Å². The standard InChI is InChI=1S/C12H16N2O4S/c1-8(15)14-10-6-5-9(19-10)12(18)13-7-3-2-4-11(16)17/h5-6H,2-4,7H2,1H3,(H,13,18)(H,14,15)(H,16,17). The van der Waals surface area contributed by atoms with Crippen LogP contribution in [0.25, 0.3) is 0 Å². The topological polar surface area (TPSA) is 95.5 Å². The molecule has 0 aliphatic carbocycles. The van der Waals surface area contributed by atoms with Crippen molar-refractivity contribution in [1.82, 2.24) is 5.32 Å². The molecule has 3 N–H and O–H groups in total. The molecule has 0 saturated carbocycles. The van der Waals surface area contributed by atoms with Crippen molar-refractivity contribution < 1.29 is 19.5 Å². The molecule has 0 fully saturated rings. The summed E-state index contributed by atoms with van der Waals surface area (Å²) in [7, 11) is 0. The molecule has 1 aromatic heterocycles. The molecule has 0 aromatic carbocycles. The number of aliphatic carboxylic acids is 1. The van der Waals surface area contributed by atoms with Gasteiger partial charge in [0.2, 0.25) is 5.91 Å². The Labute approximate surface area is 114 Å². The second-order valence-electron chi connectivity index (χ2n) is 3.95. The SMILES string of the molecule is CC(=O)Nc1ccc(C(=O)NCCCCC(=O)O)s1. The van der Waals surface area contributed by atoms with E-state index >= 15 is 0 Å². The van der Waals surface area contributed by atoms with E-state index in [2.05, 4.69) is 10.6 Å². The number of carboxylic acids is 1. The predicted molar refractivity (Wildman–Crippen MR) is 72.4 cm³/mol. The average Bonchev–Trinajstić information content (AvgIpc) is 2.75. The van der Waals surface area contributed by atoms with Gasteiger partial charge < -0.3 is 15.7 Å². The highest BCUT2D eigenvalue weighted by Crippen LogP contribution is 2.21. The van der Waals surface area contributed by atoms with Gasteiger partial charge in [0.25, 0.3) is 5.91 Å². The molecule has 1 heterocycles. The lowest BCUT2D eigenvalue weighted by molar-refractivity contribution is -0.137. The Morgan fingerprint density at radius 3 is 2.63 bits per heavy atom. The Bertz CT molecular complexity index is 470. The fourth-order valence-electron chi connectivity index (χ4n) is 1.39. The van der Waals surface area contributed by atoms with Gasteiger partial charge in [-0.2, -0.15) is 0 Å². The minimum absolute atomic E-state index is 0.113. The van der Waals surface area contributed by atoms with Gasteiger partial charge in [0.15, 0.2) is 0 Å². The third-order valence-corrected chi connectivity index (χ3v) is 3.23. The molecule has 19 heavy (non-hydrogen) atoms. The molecular weight excluding hydrogens is 268 g/mol. The zero-order chi connectivity index (χ0) is 14.3. The molecule has 6 nitrogen and oxygen atoms in total. The van der Waals surface area contributed by atoms with Crippen LogP contribution in [0, 0.1) is 0 Å². The maximum absolute atomic E-state index is 11.7. The number of nitrogens with one attached hydrogen (secondary N) is 2. The number of thiophene rings is 1. The van der Waals surface area contributed by atoms with Crippen LogP contribution >= 0.6 is 11.3 Å². The third-order valence-electron chi connectivity index (χ3n) is 2.23. The fraction of sp³-hybridized carbons (Fsp3) is 0.417. The first-order valence-electron chi connectivity index (χ1n) is 5.86. The van der Waals surface area contributed by atoms with Crippen LogP contribution in [0.15, 0.2) is 12.1 Å². The molecule has 2 amide bonds. The molecule has 7 heteroatoms. The lowest BCUT2D eigenvalue weighted by Crippen LogP contribution is -2.23. The van der Waals surface area contributed by atoms with Crippen molar-refractivity contribution >= 4 is 34.1 Å². The average molecular weight is 284 g/mol. The van der Waals surface area contributed by atoms with Crippen molar-refractivity contribution in [3.8, 4) is 0 Å². The summed E-state index contributed by atoms with van der Waals surface area (Å²) in [6.07, 6.45) is 1.28. The van der Waals surface area contributed by atoms with Crippen molar-refractivity contribution in [2.75, 3.05) is 11.9 Å². The number of carbonyl (C=O) groups excluding carboxylic acids is 2. The number of unbranched alkanes of at least 4 members (excludes halogenated alkanes) is 1. The van der Waals surface area contributed by atoms with Crippen LogP contribution in [0.2, 0.25) is 0 Å². The monoisotopic (exact) mass is 284 g/mol. The minimum Gasteiger partial charge on any atom is -0.481 e. The number of carboxylic acid groups (broad SMARTS) is 1. The number of hydrogen-bond acceptors (Lipinski definition) is 4. The summed E-state index contributed by atoms with van der Waals surface area (Å²) in [4.78, 5) is 33.4. The zero-order valence-electron chi connectivity index (χ0n) is 10.6. The Balaban J connectivity index is 2.31. The minimum atomic E-state index is -0.829. The van der Waals surface area contributed by atoms with E-state index in [1.54, 1.807) is 12.1 Å². The van der Waals surface area contributed by atoms with E-state index in [0.717, 1.165) is 0 Å². The van der Waals surface area contributed by atoms with Crippen molar-refractivity contribution in [2.45, 2.75) is 26.2 Å². The normalized spacial score (nSPS) is 9.95. The lowest BCUT2D eigenvalue weighted by atomic mass is 10.2. The van der Waals surface area contributed by atoms with E-state index in [1.807, 2.05) is 0 Å². The Morgan fingerprint density at radius 1 is 1.26 bits per heavy atom. The van der Waals surface area contributed by atoms with Crippen molar-refractivity contribution in [3.63, 3.8) is 0 Å². The Hall–Kier alpha value is -1.89. The van der Waals surface area contributed by atoms with Gasteiger partial charge in [-0.05, 0) is 25.0 Å². The van der Waals surface area contributed by atoms with E-state index in [4.69, 9.17) is 5.11 Å². The highest BCUT2D eigenvalue weighted by molar-refractivity contribution is 7.18. The second kappa shape index (κ2) is 7.52. The van der Waals surface area contributed by atoms with E-state index in [1.165, 1.54) is 18.3 Å². The second-order valence-corrected chi connectivity index (χ2v) is 5.04. The first-order chi connectivity index (χ1) is 8.99. The molecule has 0 saturated heterocycles. The molecule has 104 valence electrons. The van der Waals surface area contributed by atoms with Gasteiger partial charge in [-0.15, -0.1) is 11.3 Å². The van der Waals surface area contributed by atoms with Gasteiger partial charge >= 0.3 is 5.97 Å². The molecule has 1 rings (SSSR count). The van der Waals surface area contributed by atoms with Crippen molar-refractivity contribution in [1.29, 1.82) is 0 Å². The Morgan fingerprint density at radius 2 is 2.00 bits per heavy atom. The number of carbonyl (C=O) groups is 3. The molecular formula is C12H16N2O4S. The number of anilines is 1. The highest BCUT2D eigenvalue weighted by atomic mass is 32.1. The summed E-state index contributed by atoms with van der Waals surface area (Å²) in [5.41, 5.74) is 0. The fourth-order valence-corrected chi connectivity index (χ4v) is 2.26. The van der Waals surface area contributed by atoms with E-state index in [9.17, 15) is 14.4 Å². The first-order valence-corrected chi connectivity index (χ1v) is 6.68. The van der Waals surface area contributed by atoms with Gasteiger partial charge in [-0.1, -0.05) is 0 Å². The van der Waals surface area contributed by atoms with E-state index in [-0.39, 0.29) is 18.2 Å².